The fourth-order valence-electron chi connectivity index (χ4n) is 3.20. The second-order valence-electron chi connectivity index (χ2n) is 7.27. The van der Waals surface area contributed by atoms with Gasteiger partial charge in [0.25, 0.3) is 0 Å². The lowest BCUT2D eigenvalue weighted by Gasteiger charge is -2.22. The first-order chi connectivity index (χ1) is 16.3. The predicted molar refractivity (Wildman–Crippen MR) is 124 cm³/mol. The van der Waals surface area contributed by atoms with Crippen LogP contribution in [0.1, 0.15) is 24.0 Å². The highest BCUT2D eigenvalue weighted by atomic mass is 32.2. The van der Waals surface area contributed by atoms with E-state index in [1.54, 1.807) is 49.4 Å². The fourth-order valence-corrected chi connectivity index (χ4v) is 4.15. The van der Waals surface area contributed by atoms with E-state index in [2.05, 4.69) is 0 Å². The number of carbonyl (C=O) groups excluding carboxylic acids is 2. The molecule has 0 aliphatic heterocycles. The lowest BCUT2D eigenvalue weighted by Crippen LogP contribution is -2.42. The van der Waals surface area contributed by atoms with Crippen LogP contribution < -0.4 is 9.92 Å². The van der Waals surface area contributed by atoms with Crippen molar-refractivity contribution in [3.63, 3.8) is 0 Å². The van der Waals surface area contributed by atoms with E-state index in [9.17, 15) is 18.0 Å². The van der Waals surface area contributed by atoms with E-state index >= 15 is 0 Å². The number of rotatable bonds is 10. The van der Waals surface area contributed by atoms with Crippen molar-refractivity contribution in [1.29, 1.82) is 0 Å². The van der Waals surface area contributed by atoms with Gasteiger partial charge < -0.3 is 19.4 Å². The lowest BCUT2D eigenvalue weighted by atomic mass is 9.91. The molecule has 2 unspecified atom stereocenters. The molecule has 0 spiro atoms. The van der Waals surface area contributed by atoms with Gasteiger partial charge in [-0.2, -0.15) is 8.42 Å². The zero-order chi connectivity index (χ0) is 24.6. The van der Waals surface area contributed by atoms with E-state index < -0.39 is 34.0 Å². The van der Waals surface area contributed by atoms with Crippen LogP contribution in [0, 0.1) is 0 Å². The van der Waals surface area contributed by atoms with E-state index in [1.165, 1.54) is 36.4 Å². The minimum atomic E-state index is -4.10. The molecule has 34 heavy (non-hydrogen) atoms. The molecule has 2 N–H and O–H groups in total. The van der Waals surface area contributed by atoms with Crippen LogP contribution >= 0.6 is 0 Å². The summed E-state index contributed by atoms with van der Waals surface area (Å²) in [5.74, 6) is -2.81. The quantitative estimate of drug-likeness (QED) is 0.345. The Bertz CT molecular complexity index is 1210. The molecule has 0 saturated heterocycles. The van der Waals surface area contributed by atoms with Gasteiger partial charge in [0.1, 0.15) is 29.2 Å². The van der Waals surface area contributed by atoms with Crippen molar-refractivity contribution in [3.8, 4) is 5.75 Å². The maximum absolute atomic E-state index is 12.7. The average Bonchev–Trinajstić information content (AvgIpc) is 2.84. The van der Waals surface area contributed by atoms with Crippen LogP contribution in [-0.2, 0) is 35.8 Å². The number of hydrogen-bond donors (Lipinski definition) is 1. The van der Waals surface area contributed by atoms with Crippen LogP contribution in [0.25, 0.3) is 0 Å². The highest BCUT2D eigenvalue weighted by Gasteiger charge is 2.35. The summed E-state index contributed by atoms with van der Waals surface area (Å²) in [5.41, 5.74) is 7.14. The molecule has 178 valence electrons. The summed E-state index contributed by atoms with van der Waals surface area (Å²) in [5, 5.41) is 0. The Morgan fingerprint density at radius 2 is 1.50 bits per heavy atom. The van der Waals surface area contributed by atoms with E-state index in [-0.39, 0.29) is 29.4 Å². The molecule has 3 rings (SSSR count). The third-order valence-corrected chi connectivity index (χ3v) is 6.11. The second kappa shape index (κ2) is 11.4. The molecule has 0 amide bonds. The summed E-state index contributed by atoms with van der Waals surface area (Å²) in [6.45, 7) is 1.68. The number of hydrogen-bond acceptors (Lipinski definition) is 8. The molecule has 0 aliphatic carbocycles. The minimum Gasteiger partial charge on any atom is -0.465 e. The summed E-state index contributed by atoms with van der Waals surface area (Å²) < 4.78 is 40.8. The van der Waals surface area contributed by atoms with Crippen molar-refractivity contribution in [2.75, 3.05) is 6.61 Å². The van der Waals surface area contributed by atoms with Gasteiger partial charge in [0.2, 0.25) is 0 Å². The normalized spacial score (nSPS) is 12.9. The SMILES string of the molecule is CCOC(=O)C(c1cccc(OS(=O)(=O)c2ccccc2)c1)C(N)C(=O)OCc1ccccc1. The fraction of sp³-hybridized carbons (Fsp3) is 0.200. The molecule has 3 aromatic carbocycles. The van der Waals surface area contributed by atoms with Crippen molar-refractivity contribution < 1.29 is 31.7 Å². The van der Waals surface area contributed by atoms with Gasteiger partial charge in [0.05, 0.1) is 6.61 Å². The molecule has 0 saturated carbocycles. The van der Waals surface area contributed by atoms with Crippen molar-refractivity contribution in [3.05, 3.63) is 96.1 Å². The molecule has 8 nitrogen and oxygen atoms in total. The summed E-state index contributed by atoms with van der Waals surface area (Å²) in [6.07, 6.45) is 0. The van der Waals surface area contributed by atoms with Gasteiger partial charge in [-0.25, -0.2) is 0 Å². The molecule has 9 heteroatoms. The van der Waals surface area contributed by atoms with Gasteiger partial charge in [-0.05, 0) is 42.3 Å². The van der Waals surface area contributed by atoms with E-state index in [0.717, 1.165) is 5.56 Å². The van der Waals surface area contributed by atoms with E-state index in [4.69, 9.17) is 19.4 Å². The first-order valence-electron chi connectivity index (χ1n) is 10.5. The van der Waals surface area contributed by atoms with Gasteiger partial charge in [-0.1, -0.05) is 60.7 Å². The number of carbonyl (C=O) groups is 2. The van der Waals surface area contributed by atoms with Crippen molar-refractivity contribution in [2.45, 2.75) is 30.4 Å². The number of nitrogens with two attached hydrogens (primary N) is 1. The summed E-state index contributed by atoms with van der Waals surface area (Å²) in [4.78, 5) is 25.3. The van der Waals surface area contributed by atoms with Crippen molar-refractivity contribution in [2.24, 2.45) is 5.73 Å². The van der Waals surface area contributed by atoms with E-state index in [0.29, 0.717) is 0 Å². The van der Waals surface area contributed by atoms with Gasteiger partial charge >= 0.3 is 22.1 Å². The molecule has 0 heterocycles. The molecule has 3 aromatic rings. The van der Waals surface area contributed by atoms with Crippen LogP contribution in [0.15, 0.2) is 89.8 Å². The Kier molecular flexibility index (Phi) is 8.39. The molecule has 0 radical (unpaired) electrons. The van der Waals surface area contributed by atoms with E-state index in [1.807, 2.05) is 6.07 Å². The van der Waals surface area contributed by atoms with Crippen LogP contribution in [0.2, 0.25) is 0 Å². The number of esters is 2. The maximum atomic E-state index is 12.7. The predicted octanol–water partition coefficient (Wildman–Crippen LogP) is 3.17. The highest BCUT2D eigenvalue weighted by molar-refractivity contribution is 7.87. The van der Waals surface area contributed by atoms with Crippen LogP contribution in [0.4, 0.5) is 0 Å². The number of benzene rings is 3. The number of ether oxygens (including phenoxy) is 2. The summed E-state index contributed by atoms with van der Waals surface area (Å²) >= 11 is 0. The van der Waals surface area contributed by atoms with Crippen molar-refractivity contribution >= 4 is 22.1 Å². The second-order valence-corrected chi connectivity index (χ2v) is 8.82. The molecular formula is C25H25NO7S. The zero-order valence-corrected chi connectivity index (χ0v) is 19.3. The smallest absolute Gasteiger partial charge is 0.339 e. The average molecular weight is 484 g/mol. The first-order valence-corrected chi connectivity index (χ1v) is 11.9. The topological polar surface area (TPSA) is 122 Å². The largest absolute Gasteiger partial charge is 0.465 e. The highest BCUT2D eigenvalue weighted by Crippen LogP contribution is 2.27. The molecule has 0 aliphatic rings. The summed E-state index contributed by atoms with van der Waals surface area (Å²) in [7, 11) is -4.10. The lowest BCUT2D eigenvalue weighted by molar-refractivity contribution is -0.154. The molecule has 0 aromatic heterocycles. The Labute approximate surface area is 198 Å². The third-order valence-electron chi connectivity index (χ3n) is 4.85. The molecule has 0 bridgehead atoms. The third kappa shape index (κ3) is 6.43. The van der Waals surface area contributed by atoms with Crippen molar-refractivity contribution in [1.82, 2.24) is 0 Å². The van der Waals surface area contributed by atoms with Gasteiger partial charge in [0, 0.05) is 0 Å². The van der Waals surface area contributed by atoms with Crippen LogP contribution in [0.5, 0.6) is 5.75 Å². The molecule has 0 fully saturated rings. The van der Waals surface area contributed by atoms with Crippen LogP contribution in [0.3, 0.4) is 0 Å². The summed E-state index contributed by atoms with van der Waals surface area (Å²) in [6, 6.07) is 21.1. The Morgan fingerprint density at radius 3 is 2.15 bits per heavy atom. The van der Waals surface area contributed by atoms with Gasteiger partial charge in [-0.15, -0.1) is 0 Å². The first kappa shape index (κ1) is 24.9. The monoisotopic (exact) mass is 483 g/mol. The Hall–Kier alpha value is -3.69. The molecule has 2 atom stereocenters. The van der Waals surface area contributed by atoms with Crippen LogP contribution in [-0.4, -0.2) is 33.0 Å². The van der Waals surface area contributed by atoms with Gasteiger partial charge in [0.15, 0.2) is 0 Å². The maximum Gasteiger partial charge on any atom is 0.339 e. The minimum absolute atomic E-state index is 0.0125. The standard InChI is InChI=1S/C25H25NO7S/c1-2-31-24(27)22(23(26)25(28)32-17-18-10-5-3-6-11-18)19-12-9-13-20(16-19)33-34(29,30)21-14-7-4-8-15-21/h3-16,22-23H,2,17,26H2,1H3. The zero-order valence-electron chi connectivity index (χ0n) is 18.5. The Balaban J connectivity index is 1.83. The molecular weight excluding hydrogens is 458 g/mol. The Morgan fingerprint density at radius 1 is 0.853 bits per heavy atom. The van der Waals surface area contributed by atoms with Gasteiger partial charge in [-0.3, -0.25) is 9.59 Å².